The van der Waals surface area contributed by atoms with Crippen LogP contribution in [0.25, 0.3) is 27.7 Å². The summed E-state index contributed by atoms with van der Waals surface area (Å²) in [4.78, 5) is 13.0. The Morgan fingerprint density at radius 1 is 1.00 bits per heavy atom. The molecule has 1 aromatic heterocycles. The normalized spacial score (nSPS) is 13.1. The zero-order valence-corrected chi connectivity index (χ0v) is 21.9. The standard InChI is InChI=1S/C31H31NO5/c1-6-34-30-21(5)31-25(26(17-37-31)23-9-7-18(2)13-19(23)3)16-24(30)20(4)14-29(33)32-22-8-10-27-28(15-22)36-12-11-35-27/h7-10,13-17H,6,11-12H2,1-5H3,(H,32,33)/b20-14+. The Kier molecular flexibility index (Phi) is 6.66. The highest BCUT2D eigenvalue weighted by Crippen LogP contribution is 2.41. The molecule has 5 rings (SSSR count). The summed E-state index contributed by atoms with van der Waals surface area (Å²) in [5, 5.41) is 3.92. The summed E-state index contributed by atoms with van der Waals surface area (Å²) in [6, 6.07) is 13.9. The minimum atomic E-state index is -0.240. The van der Waals surface area contributed by atoms with Crippen molar-refractivity contribution in [3.8, 4) is 28.4 Å². The number of carbonyl (C=O) groups excluding carboxylic acids is 1. The van der Waals surface area contributed by atoms with Crippen LogP contribution in [-0.4, -0.2) is 25.7 Å². The number of aryl methyl sites for hydroxylation is 3. The fourth-order valence-corrected chi connectivity index (χ4v) is 4.84. The third kappa shape index (κ3) is 4.79. The number of anilines is 1. The van der Waals surface area contributed by atoms with Crippen molar-refractivity contribution in [3.05, 3.63) is 77.1 Å². The third-order valence-corrected chi connectivity index (χ3v) is 6.59. The second kappa shape index (κ2) is 10.1. The second-order valence-electron chi connectivity index (χ2n) is 9.33. The molecule has 0 radical (unpaired) electrons. The number of carbonyl (C=O) groups is 1. The first-order valence-electron chi connectivity index (χ1n) is 12.5. The summed E-state index contributed by atoms with van der Waals surface area (Å²) in [5.41, 5.74) is 8.52. The highest BCUT2D eigenvalue weighted by molar-refractivity contribution is 6.06. The van der Waals surface area contributed by atoms with Gasteiger partial charge in [-0.2, -0.15) is 0 Å². The predicted molar refractivity (Wildman–Crippen MR) is 147 cm³/mol. The molecule has 0 aliphatic carbocycles. The lowest BCUT2D eigenvalue weighted by Crippen LogP contribution is -2.16. The number of hydrogen-bond acceptors (Lipinski definition) is 5. The molecule has 6 nitrogen and oxygen atoms in total. The van der Waals surface area contributed by atoms with Crippen LogP contribution < -0.4 is 19.5 Å². The van der Waals surface area contributed by atoms with Gasteiger partial charge in [0.2, 0.25) is 5.91 Å². The van der Waals surface area contributed by atoms with E-state index in [0.717, 1.165) is 44.5 Å². The van der Waals surface area contributed by atoms with Crippen LogP contribution in [0.15, 0.2) is 59.2 Å². The van der Waals surface area contributed by atoms with Crippen LogP contribution in [0, 0.1) is 20.8 Å². The molecule has 0 saturated carbocycles. The summed E-state index contributed by atoms with van der Waals surface area (Å²) in [7, 11) is 0. The quantitative estimate of drug-likeness (QED) is 0.284. The van der Waals surface area contributed by atoms with Crippen molar-refractivity contribution in [2.75, 3.05) is 25.1 Å². The Balaban J connectivity index is 1.52. The first-order chi connectivity index (χ1) is 17.9. The van der Waals surface area contributed by atoms with Gasteiger partial charge in [-0.15, -0.1) is 0 Å². The molecule has 1 aliphatic rings. The molecule has 1 aliphatic heterocycles. The molecule has 0 spiro atoms. The van der Waals surface area contributed by atoms with E-state index >= 15 is 0 Å². The van der Waals surface area contributed by atoms with Gasteiger partial charge in [0.25, 0.3) is 0 Å². The molecule has 6 heteroatoms. The molecule has 2 heterocycles. The molecular formula is C31H31NO5. The Bertz CT molecular complexity index is 1530. The first-order valence-corrected chi connectivity index (χ1v) is 12.5. The minimum Gasteiger partial charge on any atom is -0.493 e. The SMILES string of the molecule is CCOc1c(/C(C)=C/C(=O)Nc2ccc3c(c2)OCCO3)cc2c(-c3ccc(C)cc3C)coc2c1C. The maximum atomic E-state index is 13.0. The van der Waals surface area contributed by atoms with Crippen molar-refractivity contribution in [2.45, 2.75) is 34.6 Å². The van der Waals surface area contributed by atoms with Gasteiger partial charge in [-0.25, -0.2) is 0 Å². The average molecular weight is 498 g/mol. The van der Waals surface area contributed by atoms with Crippen molar-refractivity contribution >= 4 is 28.1 Å². The number of hydrogen-bond donors (Lipinski definition) is 1. The minimum absolute atomic E-state index is 0.240. The molecule has 4 aromatic rings. The lowest BCUT2D eigenvalue weighted by Gasteiger charge is -2.19. The molecule has 0 atom stereocenters. The van der Waals surface area contributed by atoms with Gasteiger partial charge >= 0.3 is 0 Å². The van der Waals surface area contributed by atoms with E-state index in [1.54, 1.807) is 24.3 Å². The van der Waals surface area contributed by atoms with E-state index in [4.69, 9.17) is 18.6 Å². The smallest absolute Gasteiger partial charge is 0.248 e. The second-order valence-corrected chi connectivity index (χ2v) is 9.33. The van der Waals surface area contributed by atoms with Gasteiger partial charge in [-0.1, -0.05) is 23.8 Å². The maximum Gasteiger partial charge on any atom is 0.248 e. The predicted octanol–water partition coefficient (Wildman–Crippen LogP) is 7.24. The van der Waals surface area contributed by atoms with Gasteiger partial charge in [0.05, 0.1) is 12.9 Å². The van der Waals surface area contributed by atoms with Crippen molar-refractivity contribution in [2.24, 2.45) is 0 Å². The highest BCUT2D eigenvalue weighted by Gasteiger charge is 2.20. The summed E-state index contributed by atoms with van der Waals surface area (Å²) in [5.74, 6) is 1.79. The van der Waals surface area contributed by atoms with E-state index in [-0.39, 0.29) is 5.91 Å². The van der Waals surface area contributed by atoms with E-state index in [1.165, 1.54) is 11.1 Å². The van der Waals surface area contributed by atoms with Crippen LogP contribution in [-0.2, 0) is 4.79 Å². The van der Waals surface area contributed by atoms with Crippen molar-refractivity contribution < 1.29 is 23.4 Å². The van der Waals surface area contributed by atoms with Crippen LogP contribution in [0.1, 0.15) is 36.1 Å². The summed E-state index contributed by atoms with van der Waals surface area (Å²) < 4.78 is 23.3. The van der Waals surface area contributed by atoms with Crippen LogP contribution in [0.2, 0.25) is 0 Å². The third-order valence-electron chi connectivity index (χ3n) is 6.59. The number of rotatable bonds is 6. The van der Waals surface area contributed by atoms with Crippen LogP contribution in [0.4, 0.5) is 5.69 Å². The summed E-state index contributed by atoms with van der Waals surface area (Å²) >= 11 is 0. The molecule has 0 fully saturated rings. The molecule has 1 N–H and O–H groups in total. The van der Waals surface area contributed by atoms with Gasteiger partial charge in [0.1, 0.15) is 24.5 Å². The Morgan fingerprint density at radius 3 is 2.54 bits per heavy atom. The van der Waals surface area contributed by atoms with Crippen LogP contribution in [0.5, 0.6) is 17.2 Å². The maximum absolute atomic E-state index is 13.0. The number of furan rings is 1. The van der Waals surface area contributed by atoms with Crippen LogP contribution >= 0.6 is 0 Å². The largest absolute Gasteiger partial charge is 0.493 e. The zero-order chi connectivity index (χ0) is 26.1. The molecule has 1 amide bonds. The summed E-state index contributed by atoms with van der Waals surface area (Å²) in [6.45, 7) is 11.6. The van der Waals surface area contributed by atoms with Crippen LogP contribution in [0.3, 0.4) is 0 Å². The van der Waals surface area contributed by atoms with E-state index < -0.39 is 0 Å². The number of allylic oxidation sites excluding steroid dienone is 1. The lowest BCUT2D eigenvalue weighted by molar-refractivity contribution is -0.111. The van der Waals surface area contributed by atoms with Gasteiger partial charge in [-0.3, -0.25) is 4.79 Å². The molecule has 190 valence electrons. The van der Waals surface area contributed by atoms with E-state index in [0.29, 0.717) is 37.0 Å². The van der Waals surface area contributed by atoms with Gasteiger partial charge < -0.3 is 23.9 Å². The molecular weight excluding hydrogens is 466 g/mol. The number of fused-ring (bicyclic) bond motifs is 2. The van der Waals surface area contributed by atoms with Crippen molar-refractivity contribution in [1.29, 1.82) is 0 Å². The lowest BCUT2D eigenvalue weighted by atomic mass is 9.94. The Morgan fingerprint density at radius 2 is 1.78 bits per heavy atom. The first kappa shape index (κ1) is 24.5. The fraction of sp³-hybridized carbons (Fsp3) is 0.258. The van der Waals surface area contributed by atoms with Crippen molar-refractivity contribution in [1.82, 2.24) is 0 Å². The highest BCUT2D eigenvalue weighted by atomic mass is 16.6. The molecule has 0 saturated heterocycles. The van der Waals surface area contributed by atoms with E-state index in [9.17, 15) is 4.79 Å². The topological polar surface area (TPSA) is 69.9 Å². The summed E-state index contributed by atoms with van der Waals surface area (Å²) in [6.07, 6.45) is 3.40. The van der Waals surface area contributed by atoms with Gasteiger partial charge in [0, 0.05) is 39.9 Å². The average Bonchev–Trinajstić information content (AvgIpc) is 3.29. The van der Waals surface area contributed by atoms with E-state index in [1.807, 2.05) is 27.0 Å². The molecule has 3 aromatic carbocycles. The Hall–Kier alpha value is -4.19. The monoisotopic (exact) mass is 497 g/mol. The zero-order valence-electron chi connectivity index (χ0n) is 21.9. The van der Waals surface area contributed by atoms with Gasteiger partial charge in [-0.05, 0) is 69.5 Å². The van der Waals surface area contributed by atoms with E-state index in [2.05, 4.69) is 43.4 Å². The molecule has 0 unspecified atom stereocenters. The number of benzene rings is 3. The van der Waals surface area contributed by atoms with Crippen molar-refractivity contribution in [3.63, 3.8) is 0 Å². The molecule has 37 heavy (non-hydrogen) atoms. The number of amides is 1. The number of nitrogens with one attached hydrogen (secondary N) is 1. The molecule has 0 bridgehead atoms. The number of ether oxygens (including phenoxy) is 3. The fourth-order valence-electron chi connectivity index (χ4n) is 4.84. The van der Waals surface area contributed by atoms with Gasteiger partial charge in [0.15, 0.2) is 11.5 Å². The Labute approximate surface area is 216 Å².